The summed E-state index contributed by atoms with van der Waals surface area (Å²) in [4.78, 5) is 12.5. The van der Waals surface area contributed by atoms with Crippen LogP contribution in [0.15, 0.2) is 65.3 Å². The third-order valence-corrected chi connectivity index (χ3v) is 4.07. The number of hydrogen-bond acceptors (Lipinski definition) is 3. The standard InChI is InChI=1S/C21H21NO3/c1-15-8-9-19(24-2)17(14-15)10-12-22-21(23)20-18(11-13-25-20)16-6-4-3-5-7-16/h3-9,11,13-14H,10,12H2,1-2H3,(H,22,23). The quantitative estimate of drug-likeness (QED) is 0.733. The van der Waals surface area contributed by atoms with E-state index >= 15 is 0 Å². The molecule has 2 aromatic carbocycles. The van der Waals surface area contributed by atoms with Crippen molar-refractivity contribution in [1.29, 1.82) is 0 Å². The highest BCUT2D eigenvalue weighted by Crippen LogP contribution is 2.24. The molecular weight excluding hydrogens is 314 g/mol. The lowest BCUT2D eigenvalue weighted by Gasteiger charge is -2.10. The molecule has 3 rings (SSSR count). The van der Waals surface area contributed by atoms with Crippen molar-refractivity contribution in [2.24, 2.45) is 0 Å². The minimum atomic E-state index is -0.213. The average molecular weight is 335 g/mol. The molecule has 3 aromatic rings. The Hall–Kier alpha value is -3.01. The summed E-state index contributed by atoms with van der Waals surface area (Å²) in [5.74, 6) is 0.959. The van der Waals surface area contributed by atoms with Gasteiger partial charge in [0.2, 0.25) is 0 Å². The number of ether oxygens (including phenoxy) is 1. The summed E-state index contributed by atoms with van der Waals surface area (Å²) < 4.78 is 10.8. The van der Waals surface area contributed by atoms with E-state index in [1.807, 2.05) is 55.5 Å². The van der Waals surface area contributed by atoms with Crippen LogP contribution in [0.1, 0.15) is 21.7 Å². The van der Waals surface area contributed by atoms with Crippen LogP contribution in [0.2, 0.25) is 0 Å². The summed E-state index contributed by atoms with van der Waals surface area (Å²) in [7, 11) is 1.65. The van der Waals surface area contributed by atoms with Crippen LogP contribution in [0, 0.1) is 6.92 Å². The van der Waals surface area contributed by atoms with Gasteiger partial charge in [0.1, 0.15) is 5.75 Å². The van der Waals surface area contributed by atoms with Crippen molar-refractivity contribution in [3.63, 3.8) is 0 Å². The minimum Gasteiger partial charge on any atom is -0.496 e. The van der Waals surface area contributed by atoms with Gasteiger partial charge in [-0.2, -0.15) is 0 Å². The highest BCUT2D eigenvalue weighted by molar-refractivity contribution is 5.98. The molecule has 1 aromatic heterocycles. The van der Waals surface area contributed by atoms with Crippen molar-refractivity contribution in [1.82, 2.24) is 5.32 Å². The summed E-state index contributed by atoms with van der Waals surface area (Å²) in [6.45, 7) is 2.55. The fourth-order valence-corrected chi connectivity index (χ4v) is 2.82. The first-order chi connectivity index (χ1) is 12.2. The van der Waals surface area contributed by atoms with Gasteiger partial charge in [0.15, 0.2) is 5.76 Å². The third-order valence-electron chi connectivity index (χ3n) is 4.07. The number of rotatable bonds is 6. The number of nitrogens with one attached hydrogen (secondary N) is 1. The van der Waals surface area contributed by atoms with Crippen LogP contribution in [0.25, 0.3) is 11.1 Å². The molecule has 0 aliphatic heterocycles. The van der Waals surface area contributed by atoms with Crippen LogP contribution >= 0.6 is 0 Å². The number of carbonyl (C=O) groups is 1. The molecule has 1 heterocycles. The maximum Gasteiger partial charge on any atom is 0.287 e. The van der Waals surface area contributed by atoms with Gasteiger partial charge in [0, 0.05) is 12.1 Å². The smallest absolute Gasteiger partial charge is 0.287 e. The first-order valence-corrected chi connectivity index (χ1v) is 8.23. The summed E-state index contributed by atoms with van der Waals surface area (Å²) >= 11 is 0. The molecule has 1 N–H and O–H groups in total. The van der Waals surface area contributed by atoms with E-state index in [9.17, 15) is 4.79 Å². The first kappa shape index (κ1) is 16.8. The second-order valence-corrected chi connectivity index (χ2v) is 5.85. The molecule has 0 atom stereocenters. The molecular formula is C21H21NO3. The van der Waals surface area contributed by atoms with Crippen molar-refractivity contribution < 1.29 is 13.9 Å². The molecule has 0 unspecified atom stereocenters. The lowest BCUT2D eigenvalue weighted by atomic mass is 10.1. The number of hydrogen-bond donors (Lipinski definition) is 1. The average Bonchev–Trinajstić information content (AvgIpc) is 3.12. The lowest BCUT2D eigenvalue weighted by molar-refractivity contribution is 0.0927. The fraction of sp³-hybridized carbons (Fsp3) is 0.190. The molecule has 0 fully saturated rings. The maximum atomic E-state index is 12.5. The van der Waals surface area contributed by atoms with Crippen molar-refractivity contribution in [3.05, 3.63) is 77.7 Å². The van der Waals surface area contributed by atoms with Crippen LogP contribution in [0.3, 0.4) is 0 Å². The molecule has 0 spiro atoms. The van der Waals surface area contributed by atoms with E-state index in [-0.39, 0.29) is 5.91 Å². The summed E-state index contributed by atoms with van der Waals surface area (Å²) in [6.07, 6.45) is 2.23. The Morgan fingerprint density at radius 3 is 2.68 bits per heavy atom. The molecule has 0 radical (unpaired) electrons. The monoisotopic (exact) mass is 335 g/mol. The molecule has 128 valence electrons. The highest BCUT2D eigenvalue weighted by atomic mass is 16.5. The van der Waals surface area contributed by atoms with Gasteiger partial charge in [0.05, 0.1) is 13.4 Å². The molecule has 0 bridgehead atoms. The zero-order valence-electron chi connectivity index (χ0n) is 14.4. The van der Waals surface area contributed by atoms with Crippen LogP contribution in [0.5, 0.6) is 5.75 Å². The number of benzene rings is 2. The Morgan fingerprint density at radius 2 is 1.92 bits per heavy atom. The number of furan rings is 1. The van der Waals surface area contributed by atoms with Crippen molar-refractivity contribution >= 4 is 5.91 Å². The van der Waals surface area contributed by atoms with Crippen LogP contribution in [-0.2, 0) is 6.42 Å². The van der Waals surface area contributed by atoms with E-state index in [0.29, 0.717) is 18.7 Å². The number of carbonyl (C=O) groups excluding carboxylic acids is 1. The van der Waals surface area contributed by atoms with E-state index in [1.165, 1.54) is 5.56 Å². The topological polar surface area (TPSA) is 51.5 Å². The van der Waals surface area contributed by atoms with E-state index in [4.69, 9.17) is 9.15 Å². The Morgan fingerprint density at radius 1 is 1.12 bits per heavy atom. The number of amides is 1. The van der Waals surface area contributed by atoms with Crippen LogP contribution < -0.4 is 10.1 Å². The van der Waals surface area contributed by atoms with Gasteiger partial charge in [-0.25, -0.2) is 0 Å². The molecule has 1 amide bonds. The molecule has 0 saturated carbocycles. The van der Waals surface area contributed by atoms with E-state index in [2.05, 4.69) is 11.4 Å². The van der Waals surface area contributed by atoms with Crippen molar-refractivity contribution in [2.45, 2.75) is 13.3 Å². The first-order valence-electron chi connectivity index (χ1n) is 8.23. The molecule has 4 nitrogen and oxygen atoms in total. The number of aryl methyl sites for hydroxylation is 1. The molecule has 0 saturated heterocycles. The molecule has 0 aliphatic carbocycles. The van der Waals surface area contributed by atoms with E-state index in [0.717, 1.165) is 22.4 Å². The normalized spacial score (nSPS) is 10.5. The van der Waals surface area contributed by atoms with E-state index in [1.54, 1.807) is 13.4 Å². The minimum absolute atomic E-state index is 0.213. The van der Waals surface area contributed by atoms with Crippen molar-refractivity contribution in [3.8, 4) is 16.9 Å². The predicted octanol–water partition coefficient (Wildman–Crippen LogP) is 4.24. The predicted molar refractivity (Wildman–Crippen MR) is 97.9 cm³/mol. The van der Waals surface area contributed by atoms with Gasteiger partial charge in [-0.15, -0.1) is 0 Å². The van der Waals surface area contributed by atoms with Gasteiger partial charge >= 0.3 is 0 Å². The molecule has 4 heteroatoms. The summed E-state index contributed by atoms with van der Waals surface area (Å²) in [5, 5.41) is 2.93. The Labute approximate surface area is 147 Å². The second-order valence-electron chi connectivity index (χ2n) is 5.85. The van der Waals surface area contributed by atoms with E-state index < -0.39 is 0 Å². The van der Waals surface area contributed by atoms with Crippen LogP contribution in [0.4, 0.5) is 0 Å². The molecule has 0 aliphatic rings. The molecule has 25 heavy (non-hydrogen) atoms. The Balaban J connectivity index is 1.67. The highest BCUT2D eigenvalue weighted by Gasteiger charge is 2.16. The van der Waals surface area contributed by atoms with Gasteiger partial charge < -0.3 is 14.5 Å². The largest absolute Gasteiger partial charge is 0.496 e. The van der Waals surface area contributed by atoms with Gasteiger partial charge in [0.25, 0.3) is 5.91 Å². The van der Waals surface area contributed by atoms with Gasteiger partial charge in [-0.05, 0) is 36.6 Å². The Kier molecular flexibility index (Phi) is 5.19. The van der Waals surface area contributed by atoms with Crippen LogP contribution in [-0.4, -0.2) is 19.6 Å². The summed E-state index contributed by atoms with van der Waals surface area (Å²) in [6, 6.07) is 17.6. The SMILES string of the molecule is COc1ccc(C)cc1CCNC(=O)c1occc1-c1ccccc1. The Bertz CT molecular complexity index is 853. The maximum absolute atomic E-state index is 12.5. The summed E-state index contributed by atoms with van der Waals surface area (Å²) in [5.41, 5.74) is 4.00. The fourth-order valence-electron chi connectivity index (χ4n) is 2.82. The zero-order valence-corrected chi connectivity index (χ0v) is 14.4. The number of methoxy groups -OCH3 is 1. The zero-order chi connectivity index (χ0) is 17.6. The lowest BCUT2D eigenvalue weighted by Crippen LogP contribution is -2.25. The van der Waals surface area contributed by atoms with Gasteiger partial charge in [-0.1, -0.05) is 48.0 Å². The van der Waals surface area contributed by atoms with Gasteiger partial charge in [-0.3, -0.25) is 4.79 Å². The van der Waals surface area contributed by atoms with Crippen molar-refractivity contribution in [2.75, 3.05) is 13.7 Å². The second kappa shape index (κ2) is 7.71. The third kappa shape index (κ3) is 3.91.